The molecule has 4 aliphatic rings. The molecule has 4 rings (SSSR count). The Morgan fingerprint density at radius 1 is 0.833 bits per heavy atom. The van der Waals surface area contributed by atoms with Gasteiger partial charge in [0.25, 0.3) is 0 Å². The molecular weight excluding hydrogens is 485 g/mol. The molecule has 16 atom stereocenters. The van der Waals surface area contributed by atoms with Gasteiger partial charge in [0, 0.05) is 18.1 Å². The van der Waals surface area contributed by atoms with Gasteiger partial charge < -0.3 is 72.4 Å². The second kappa shape index (κ2) is 11.6. The molecule has 210 valence electrons. The Labute approximate surface area is 208 Å². The van der Waals surface area contributed by atoms with E-state index in [0.717, 1.165) is 0 Å². The molecule has 3 saturated heterocycles. The number of ether oxygens (including phenoxy) is 5. The minimum absolute atomic E-state index is 0.146. The van der Waals surface area contributed by atoms with Gasteiger partial charge in [-0.25, -0.2) is 4.39 Å². The first-order valence-electron chi connectivity index (χ1n) is 12.3. The summed E-state index contributed by atoms with van der Waals surface area (Å²) in [6, 6.07) is -3.74. The topological polar surface area (TPSA) is 243 Å². The Bertz CT molecular complexity index is 731. The molecule has 0 aromatic rings. The largest absolute Gasteiger partial charge is 0.394 e. The molecule has 36 heavy (non-hydrogen) atoms. The van der Waals surface area contributed by atoms with Crippen LogP contribution < -0.4 is 28.3 Å². The highest BCUT2D eigenvalue weighted by Crippen LogP contribution is 2.35. The van der Waals surface area contributed by atoms with E-state index in [1.54, 1.807) is 7.05 Å². The summed E-state index contributed by atoms with van der Waals surface area (Å²) in [5.41, 5.74) is 23.9. The number of likely N-dealkylation sites (N-methyl/N-ethyl adjacent to an activating group) is 1. The van der Waals surface area contributed by atoms with Crippen LogP contribution in [0.4, 0.5) is 4.39 Å². The van der Waals surface area contributed by atoms with Gasteiger partial charge in [0.2, 0.25) is 0 Å². The first-order chi connectivity index (χ1) is 17.0. The van der Waals surface area contributed by atoms with Crippen molar-refractivity contribution in [3.05, 3.63) is 0 Å². The van der Waals surface area contributed by atoms with Crippen LogP contribution in [0.5, 0.6) is 0 Å². The zero-order chi connectivity index (χ0) is 26.3. The van der Waals surface area contributed by atoms with E-state index in [1.807, 2.05) is 0 Å². The van der Waals surface area contributed by atoms with Crippen LogP contribution in [0, 0.1) is 0 Å². The average Bonchev–Trinajstić information content (AvgIpc) is 2.83. The van der Waals surface area contributed by atoms with Crippen LogP contribution in [-0.4, -0.2) is 132 Å². The molecule has 0 bridgehead atoms. The van der Waals surface area contributed by atoms with Crippen molar-refractivity contribution in [2.24, 2.45) is 22.9 Å². The van der Waals surface area contributed by atoms with E-state index in [9.17, 15) is 24.8 Å². The highest BCUT2D eigenvalue weighted by Gasteiger charge is 2.53. The average molecular weight is 526 g/mol. The van der Waals surface area contributed by atoms with E-state index in [2.05, 4.69) is 5.32 Å². The zero-order valence-electron chi connectivity index (χ0n) is 20.1. The standard InChI is InChI=1S/C21H40FN5O9/c1-27-14-16(31)18-11(32-21(14)36-20-10(29)3-6(23)12(5-28)33-20)4-9(26)19(35-18)34-17-8(25)2-7(24)15(30)13(17)22/h6-21,27-31H,2-5,23-26H2,1H3/t6-,7+,8?,9?,10?,11-,12?,13?,14?,15?,16?,17+,18?,19-,20+,21?/m0/s1. The lowest BCUT2D eigenvalue weighted by atomic mass is 9.85. The number of alkyl halides is 1. The van der Waals surface area contributed by atoms with Crippen molar-refractivity contribution in [3.63, 3.8) is 0 Å². The molecule has 13 N–H and O–H groups in total. The second-order valence-electron chi connectivity index (χ2n) is 10.1. The smallest absolute Gasteiger partial charge is 0.187 e. The van der Waals surface area contributed by atoms with Crippen molar-refractivity contribution in [2.45, 2.75) is 117 Å². The molecule has 0 radical (unpaired) electrons. The van der Waals surface area contributed by atoms with E-state index in [-0.39, 0.29) is 25.9 Å². The lowest BCUT2D eigenvalue weighted by molar-refractivity contribution is -0.367. The summed E-state index contributed by atoms with van der Waals surface area (Å²) in [6.07, 6.45) is -11.9. The third kappa shape index (κ3) is 5.55. The van der Waals surface area contributed by atoms with Crippen LogP contribution in [0.1, 0.15) is 19.3 Å². The van der Waals surface area contributed by atoms with E-state index in [4.69, 9.17) is 46.6 Å². The van der Waals surface area contributed by atoms with Crippen molar-refractivity contribution >= 4 is 0 Å². The predicted molar refractivity (Wildman–Crippen MR) is 121 cm³/mol. The number of fused-ring (bicyclic) bond motifs is 1. The van der Waals surface area contributed by atoms with Crippen molar-refractivity contribution in [1.29, 1.82) is 0 Å². The molecule has 0 amide bonds. The van der Waals surface area contributed by atoms with Gasteiger partial charge in [-0.3, -0.25) is 0 Å². The van der Waals surface area contributed by atoms with Crippen LogP contribution in [-0.2, 0) is 23.7 Å². The molecule has 3 aliphatic heterocycles. The zero-order valence-corrected chi connectivity index (χ0v) is 20.1. The number of nitrogens with two attached hydrogens (primary N) is 4. The van der Waals surface area contributed by atoms with Crippen LogP contribution in [0.2, 0.25) is 0 Å². The van der Waals surface area contributed by atoms with Crippen molar-refractivity contribution in [3.8, 4) is 0 Å². The fourth-order valence-electron chi connectivity index (χ4n) is 5.39. The third-order valence-corrected chi connectivity index (χ3v) is 7.55. The van der Waals surface area contributed by atoms with Gasteiger partial charge in [0.1, 0.15) is 30.5 Å². The fraction of sp³-hybridized carbons (Fsp3) is 1.00. The Kier molecular flexibility index (Phi) is 9.17. The SMILES string of the molecule is CNC1C(O[C@H]2OC(CO)[C@@H](N)CC2O)O[C@H]2CC(N)[C@@H](O[C@@H]3C(N)C[C@@H](N)C(O)C3F)OC2C1O. The number of rotatable bonds is 6. The third-order valence-electron chi connectivity index (χ3n) is 7.55. The normalized spacial score (nSPS) is 54.2. The minimum Gasteiger partial charge on any atom is -0.394 e. The second-order valence-corrected chi connectivity index (χ2v) is 10.1. The lowest BCUT2D eigenvalue weighted by Crippen LogP contribution is -2.69. The van der Waals surface area contributed by atoms with Gasteiger partial charge in [-0.1, -0.05) is 0 Å². The van der Waals surface area contributed by atoms with Crippen molar-refractivity contribution < 1.29 is 48.5 Å². The first kappa shape index (κ1) is 28.4. The summed E-state index contributed by atoms with van der Waals surface area (Å²) >= 11 is 0. The van der Waals surface area contributed by atoms with E-state index in [1.165, 1.54) is 0 Å². The van der Waals surface area contributed by atoms with E-state index in [0.29, 0.717) is 0 Å². The first-order valence-corrected chi connectivity index (χ1v) is 12.3. The molecule has 3 heterocycles. The van der Waals surface area contributed by atoms with Crippen LogP contribution in [0.25, 0.3) is 0 Å². The summed E-state index contributed by atoms with van der Waals surface area (Å²) in [5, 5.41) is 43.9. The molecule has 4 fully saturated rings. The number of nitrogens with one attached hydrogen (secondary N) is 1. The number of aliphatic hydroxyl groups is 4. The van der Waals surface area contributed by atoms with Gasteiger partial charge >= 0.3 is 0 Å². The summed E-state index contributed by atoms with van der Waals surface area (Å²) in [4.78, 5) is 0. The Balaban J connectivity index is 1.42. The highest BCUT2D eigenvalue weighted by atomic mass is 19.1. The van der Waals surface area contributed by atoms with Gasteiger partial charge in [-0.2, -0.15) is 0 Å². The molecule has 10 unspecified atom stereocenters. The minimum atomic E-state index is -1.83. The van der Waals surface area contributed by atoms with Gasteiger partial charge in [0.05, 0.1) is 30.9 Å². The van der Waals surface area contributed by atoms with E-state index < -0.39 is 98.0 Å². The van der Waals surface area contributed by atoms with Gasteiger partial charge in [-0.05, 0) is 26.3 Å². The molecular formula is C21H40FN5O9. The van der Waals surface area contributed by atoms with Crippen LogP contribution >= 0.6 is 0 Å². The number of aliphatic hydroxyl groups excluding tert-OH is 4. The Morgan fingerprint density at radius 3 is 2.22 bits per heavy atom. The van der Waals surface area contributed by atoms with Crippen LogP contribution in [0.3, 0.4) is 0 Å². The maximum absolute atomic E-state index is 14.7. The van der Waals surface area contributed by atoms with Crippen LogP contribution in [0.15, 0.2) is 0 Å². The molecule has 15 heteroatoms. The van der Waals surface area contributed by atoms with Crippen molar-refractivity contribution in [1.82, 2.24) is 5.32 Å². The van der Waals surface area contributed by atoms with E-state index >= 15 is 0 Å². The van der Waals surface area contributed by atoms with Crippen molar-refractivity contribution in [2.75, 3.05) is 13.7 Å². The molecule has 0 aromatic heterocycles. The molecule has 1 aliphatic carbocycles. The lowest BCUT2D eigenvalue weighted by Gasteiger charge is -2.51. The number of hydrogen-bond acceptors (Lipinski definition) is 14. The van der Waals surface area contributed by atoms with Gasteiger partial charge in [-0.15, -0.1) is 0 Å². The number of halogens is 1. The number of hydrogen-bond donors (Lipinski definition) is 9. The molecule has 1 saturated carbocycles. The fourth-order valence-corrected chi connectivity index (χ4v) is 5.39. The summed E-state index contributed by atoms with van der Waals surface area (Å²) in [6.45, 7) is -0.348. The van der Waals surface area contributed by atoms with Gasteiger partial charge in [0.15, 0.2) is 25.0 Å². The quantitative estimate of drug-likeness (QED) is 0.158. The summed E-state index contributed by atoms with van der Waals surface area (Å²) in [5.74, 6) is 0. The highest BCUT2D eigenvalue weighted by molar-refractivity contribution is 5.01. The molecule has 0 spiro atoms. The monoisotopic (exact) mass is 525 g/mol. The Morgan fingerprint density at radius 2 is 1.56 bits per heavy atom. The Hall–Kier alpha value is -0.630. The maximum atomic E-state index is 14.7. The molecule has 0 aromatic carbocycles. The molecule has 14 nitrogen and oxygen atoms in total. The maximum Gasteiger partial charge on any atom is 0.187 e. The summed E-state index contributed by atoms with van der Waals surface area (Å²) < 4.78 is 44.0. The summed E-state index contributed by atoms with van der Waals surface area (Å²) in [7, 11) is 1.58. The predicted octanol–water partition coefficient (Wildman–Crippen LogP) is -4.94.